The topological polar surface area (TPSA) is 59.2 Å². The number of rotatable bonds is 2. The minimum atomic E-state index is 0.137. The summed E-state index contributed by atoms with van der Waals surface area (Å²) in [5.74, 6) is 3.57. The lowest BCUT2D eigenvalue weighted by Crippen LogP contribution is -2.31. The van der Waals surface area contributed by atoms with Crippen LogP contribution in [0.1, 0.15) is 13.8 Å². The predicted molar refractivity (Wildman–Crippen MR) is 66.6 cm³/mol. The molecule has 2 saturated heterocycles. The highest BCUT2D eigenvalue weighted by Gasteiger charge is 2.84. The van der Waals surface area contributed by atoms with Crippen molar-refractivity contribution >= 4 is 11.6 Å². The fourth-order valence-electron chi connectivity index (χ4n) is 7.30. The highest BCUT2D eigenvalue weighted by molar-refractivity contribution is 5.83. The molecular formula is C16H18O4. The van der Waals surface area contributed by atoms with Crippen molar-refractivity contribution in [2.45, 2.75) is 38.3 Å². The lowest BCUT2D eigenvalue weighted by molar-refractivity contribution is -0.125. The van der Waals surface area contributed by atoms with Gasteiger partial charge in [0.05, 0.1) is 24.4 Å². The molecule has 0 aromatic heterocycles. The molecule has 0 aromatic rings. The van der Waals surface area contributed by atoms with E-state index in [1.54, 1.807) is 13.8 Å². The number of Topliss-reactive ketones (excluding diaryl/α,β-unsaturated/α-hetero) is 2. The summed E-state index contributed by atoms with van der Waals surface area (Å²) in [6.45, 7) is 3.48. The highest BCUT2D eigenvalue weighted by Crippen LogP contribution is 2.78. The zero-order valence-electron chi connectivity index (χ0n) is 11.6. The predicted octanol–water partition coefficient (Wildman–Crippen LogP) is 0.683. The van der Waals surface area contributed by atoms with Crippen molar-refractivity contribution in [3.8, 4) is 0 Å². The van der Waals surface area contributed by atoms with Crippen molar-refractivity contribution < 1.29 is 19.1 Å². The van der Waals surface area contributed by atoms with Crippen LogP contribution in [0.15, 0.2) is 0 Å². The van der Waals surface area contributed by atoms with Gasteiger partial charge in [-0.1, -0.05) is 0 Å². The normalized spacial score (nSPS) is 69.5. The van der Waals surface area contributed by atoms with Gasteiger partial charge in [0.15, 0.2) is 0 Å². The monoisotopic (exact) mass is 274 g/mol. The van der Waals surface area contributed by atoms with Gasteiger partial charge in [0.25, 0.3) is 0 Å². The summed E-state index contributed by atoms with van der Waals surface area (Å²) in [5.41, 5.74) is 0. The summed E-state index contributed by atoms with van der Waals surface area (Å²) in [6, 6.07) is 0. The molecule has 4 nitrogen and oxygen atoms in total. The average Bonchev–Trinajstić information content (AvgIpc) is 3.19. The molecule has 4 unspecified atom stereocenters. The Morgan fingerprint density at radius 3 is 1.15 bits per heavy atom. The van der Waals surface area contributed by atoms with Crippen molar-refractivity contribution in [1.29, 1.82) is 0 Å². The quantitative estimate of drug-likeness (QED) is 0.695. The summed E-state index contributed by atoms with van der Waals surface area (Å²) in [6.07, 6.45) is 1.07. The third-order valence-electron chi connectivity index (χ3n) is 7.46. The molecule has 0 aromatic carbocycles. The average molecular weight is 274 g/mol. The molecule has 2 aliphatic heterocycles. The van der Waals surface area contributed by atoms with E-state index in [0.717, 1.165) is 0 Å². The zero-order chi connectivity index (χ0) is 13.5. The van der Waals surface area contributed by atoms with Gasteiger partial charge in [0.1, 0.15) is 11.6 Å². The molecule has 2 heterocycles. The molecule has 20 heavy (non-hydrogen) atoms. The molecule has 0 spiro atoms. The van der Waals surface area contributed by atoms with Crippen molar-refractivity contribution in [1.82, 2.24) is 0 Å². The number of fused-ring (bicyclic) bond motifs is 6. The Morgan fingerprint density at radius 2 is 0.900 bits per heavy atom. The lowest BCUT2D eigenvalue weighted by Gasteiger charge is -2.25. The van der Waals surface area contributed by atoms with E-state index in [-0.39, 0.29) is 36.3 Å². The maximum atomic E-state index is 12.2. The van der Waals surface area contributed by atoms with Crippen LogP contribution in [-0.2, 0) is 19.1 Å². The van der Waals surface area contributed by atoms with Crippen LogP contribution in [0.5, 0.6) is 0 Å². The number of epoxide rings is 2. The third-order valence-corrected chi connectivity index (χ3v) is 7.46. The Hall–Kier alpha value is -0.740. The van der Waals surface area contributed by atoms with Crippen molar-refractivity contribution in [3.63, 3.8) is 0 Å². The first-order valence-electron chi connectivity index (χ1n) is 7.93. The molecule has 4 heteroatoms. The second-order valence-corrected chi connectivity index (χ2v) is 7.87. The fourth-order valence-corrected chi connectivity index (χ4v) is 7.30. The molecule has 6 fully saturated rings. The second kappa shape index (κ2) is 2.91. The molecule has 6 aliphatic rings. The summed E-state index contributed by atoms with van der Waals surface area (Å²) >= 11 is 0. The van der Waals surface area contributed by atoms with Gasteiger partial charge in [-0.05, 0) is 25.7 Å². The standard InChI is InChI=1S/C16H18O4/c1-3(17)5-9-7-8-10(5)14-16(20-14)12(8)6(4(2)18)11(7)15-13(9)19-15/h5-16H,1-2H3/t5?,6?,7?,8?,9-,10-,11-,12+,13-,14-,15-,16-/m1/s1. The van der Waals surface area contributed by atoms with Gasteiger partial charge in [-0.2, -0.15) is 0 Å². The smallest absolute Gasteiger partial charge is 0.133 e. The first-order chi connectivity index (χ1) is 9.61. The first kappa shape index (κ1) is 10.9. The molecule has 4 aliphatic carbocycles. The van der Waals surface area contributed by atoms with Crippen LogP contribution in [0.4, 0.5) is 0 Å². The Balaban J connectivity index is 1.55. The van der Waals surface area contributed by atoms with E-state index in [4.69, 9.17) is 9.47 Å². The number of ether oxygens (including phenoxy) is 2. The molecule has 0 N–H and O–H groups in total. The molecule has 0 radical (unpaired) electrons. The van der Waals surface area contributed by atoms with Gasteiger partial charge in [-0.25, -0.2) is 0 Å². The Bertz CT molecular complexity index is 489. The maximum Gasteiger partial charge on any atom is 0.133 e. The molecule has 12 atom stereocenters. The van der Waals surface area contributed by atoms with Gasteiger partial charge in [0, 0.05) is 35.5 Å². The molecule has 0 amide bonds. The summed E-state index contributed by atoms with van der Waals surface area (Å²) < 4.78 is 11.8. The summed E-state index contributed by atoms with van der Waals surface area (Å²) in [4.78, 5) is 24.4. The van der Waals surface area contributed by atoms with Gasteiger partial charge in [-0.15, -0.1) is 0 Å². The minimum absolute atomic E-state index is 0.137. The summed E-state index contributed by atoms with van der Waals surface area (Å²) in [7, 11) is 0. The second-order valence-electron chi connectivity index (χ2n) is 7.87. The first-order valence-corrected chi connectivity index (χ1v) is 7.93. The van der Waals surface area contributed by atoms with Crippen LogP contribution in [-0.4, -0.2) is 36.0 Å². The molecular weight excluding hydrogens is 256 g/mol. The lowest BCUT2D eigenvalue weighted by atomic mass is 9.80. The van der Waals surface area contributed by atoms with Crippen LogP contribution in [0.3, 0.4) is 0 Å². The van der Waals surface area contributed by atoms with E-state index in [9.17, 15) is 9.59 Å². The molecule has 106 valence electrons. The maximum absolute atomic E-state index is 12.2. The van der Waals surface area contributed by atoms with Gasteiger partial charge >= 0.3 is 0 Å². The van der Waals surface area contributed by atoms with Crippen molar-refractivity contribution in [2.75, 3.05) is 0 Å². The fraction of sp³-hybridized carbons (Fsp3) is 0.875. The Morgan fingerprint density at radius 1 is 0.600 bits per heavy atom. The van der Waals surface area contributed by atoms with Gasteiger partial charge < -0.3 is 9.47 Å². The SMILES string of the molecule is CC(=O)C1[C@@H]2C3C4[C@@H]1[C@H]1O[C@@H]1[C@H]4C(C(C)=O)[C@H]3[C@H]1O[C@H]21. The van der Waals surface area contributed by atoms with Crippen LogP contribution in [0, 0.1) is 47.3 Å². The van der Waals surface area contributed by atoms with Crippen LogP contribution in [0.25, 0.3) is 0 Å². The number of hydrogen-bond donors (Lipinski definition) is 0. The zero-order valence-corrected chi connectivity index (χ0v) is 11.6. The molecule has 0 bridgehead atoms. The Labute approximate surface area is 117 Å². The number of carbonyl (C=O) groups is 2. The number of ketones is 2. The van der Waals surface area contributed by atoms with E-state index in [1.165, 1.54) is 0 Å². The van der Waals surface area contributed by atoms with Gasteiger partial charge in [0.2, 0.25) is 0 Å². The number of carbonyl (C=O) groups excluding carboxylic acids is 2. The minimum Gasteiger partial charge on any atom is -0.369 e. The van der Waals surface area contributed by atoms with E-state index in [1.807, 2.05) is 0 Å². The van der Waals surface area contributed by atoms with E-state index >= 15 is 0 Å². The highest BCUT2D eigenvalue weighted by atomic mass is 16.6. The van der Waals surface area contributed by atoms with Gasteiger partial charge in [-0.3, -0.25) is 9.59 Å². The van der Waals surface area contributed by atoms with Crippen LogP contribution >= 0.6 is 0 Å². The third kappa shape index (κ3) is 0.899. The van der Waals surface area contributed by atoms with Crippen LogP contribution < -0.4 is 0 Å². The Kier molecular flexibility index (Phi) is 1.59. The molecule has 6 rings (SSSR count). The van der Waals surface area contributed by atoms with E-state index < -0.39 is 0 Å². The van der Waals surface area contributed by atoms with Crippen LogP contribution in [0.2, 0.25) is 0 Å². The molecule has 4 saturated carbocycles. The van der Waals surface area contributed by atoms with E-state index in [0.29, 0.717) is 47.1 Å². The summed E-state index contributed by atoms with van der Waals surface area (Å²) in [5, 5.41) is 0. The van der Waals surface area contributed by atoms with Crippen molar-refractivity contribution in [3.05, 3.63) is 0 Å². The number of hydrogen-bond acceptors (Lipinski definition) is 4. The largest absolute Gasteiger partial charge is 0.369 e. The van der Waals surface area contributed by atoms with E-state index in [2.05, 4.69) is 0 Å². The van der Waals surface area contributed by atoms with Crippen molar-refractivity contribution in [2.24, 2.45) is 47.3 Å².